The minimum absolute atomic E-state index is 0.0291. The van der Waals surface area contributed by atoms with Crippen LogP contribution in [0.15, 0.2) is 23.2 Å². The van der Waals surface area contributed by atoms with Crippen LogP contribution in [-0.2, 0) is 11.8 Å². The minimum atomic E-state index is -0.231. The molecule has 1 N–H and O–H groups in total. The van der Waals surface area contributed by atoms with E-state index in [1.807, 2.05) is 19.4 Å². The Balaban J connectivity index is 1.65. The second-order valence-electron chi connectivity index (χ2n) is 5.62. The summed E-state index contributed by atoms with van der Waals surface area (Å²) in [5.41, 5.74) is 1.65. The van der Waals surface area contributed by atoms with E-state index in [0.717, 1.165) is 25.0 Å². The maximum Gasteiger partial charge on any atom is 0.289 e. The van der Waals surface area contributed by atoms with Crippen molar-refractivity contribution in [3.05, 3.63) is 35.8 Å². The molecule has 1 aliphatic rings. The maximum absolute atomic E-state index is 12.1. The third kappa shape index (κ3) is 3.04. The van der Waals surface area contributed by atoms with Gasteiger partial charge in [0, 0.05) is 37.9 Å². The van der Waals surface area contributed by atoms with E-state index >= 15 is 0 Å². The number of hydrogen-bond donors (Lipinski definition) is 1. The summed E-state index contributed by atoms with van der Waals surface area (Å²) in [6.45, 7) is 3.03. The molecule has 1 amide bonds. The Morgan fingerprint density at radius 2 is 2.41 bits per heavy atom. The van der Waals surface area contributed by atoms with Crippen LogP contribution in [-0.4, -0.2) is 33.8 Å². The molecule has 3 heterocycles. The van der Waals surface area contributed by atoms with E-state index < -0.39 is 0 Å². The van der Waals surface area contributed by atoms with Crippen LogP contribution >= 0.6 is 0 Å². The second kappa shape index (κ2) is 6.31. The number of amides is 1. The summed E-state index contributed by atoms with van der Waals surface area (Å²) in [4.78, 5) is 16.0. The van der Waals surface area contributed by atoms with Crippen molar-refractivity contribution in [3.8, 4) is 0 Å². The molecule has 0 spiro atoms. The number of nitrogens with one attached hydrogen (secondary N) is 1. The van der Waals surface area contributed by atoms with Gasteiger partial charge in [-0.05, 0) is 19.8 Å². The topological polar surface area (TPSA) is 82.2 Å². The van der Waals surface area contributed by atoms with E-state index in [4.69, 9.17) is 9.15 Å². The third-order valence-corrected chi connectivity index (χ3v) is 3.97. The largest absolute Gasteiger partial charge is 0.438 e. The number of carbonyl (C=O) groups excluding carboxylic acids is 1. The van der Waals surface area contributed by atoms with E-state index in [9.17, 15) is 4.79 Å². The lowest BCUT2D eigenvalue weighted by molar-refractivity contribution is -0.0273. The lowest BCUT2D eigenvalue weighted by atomic mass is 9.91. The first-order chi connectivity index (χ1) is 10.6. The SMILES string of the molecule is Cc1ncoc1C(=O)NC[C@@H]1CCCO[C@H]1c1cnn(C)c1. The molecule has 0 aromatic carbocycles. The first-order valence-corrected chi connectivity index (χ1v) is 7.43. The monoisotopic (exact) mass is 304 g/mol. The predicted octanol–water partition coefficient (Wildman–Crippen LogP) is 1.61. The molecule has 1 fully saturated rings. The van der Waals surface area contributed by atoms with Crippen molar-refractivity contribution in [2.24, 2.45) is 13.0 Å². The zero-order valence-electron chi connectivity index (χ0n) is 12.8. The van der Waals surface area contributed by atoms with Gasteiger partial charge in [-0.2, -0.15) is 5.10 Å². The molecule has 0 saturated carbocycles. The molecule has 3 rings (SSSR count). The fourth-order valence-electron chi connectivity index (χ4n) is 2.83. The average molecular weight is 304 g/mol. The number of hydrogen-bond acceptors (Lipinski definition) is 5. The number of aryl methyl sites for hydroxylation is 2. The van der Waals surface area contributed by atoms with Crippen LogP contribution in [0.4, 0.5) is 0 Å². The van der Waals surface area contributed by atoms with Crippen LogP contribution in [0, 0.1) is 12.8 Å². The molecule has 7 heteroatoms. The summed E-state index contributed by atoms with van der Waals surface area (Å²) in [6, 6.07) is 0. The number of nitrogens with zero attached hydrogens (tertiary/aromatic N) is 3. The molecule has 0 radical (unpaired) electrons. The third-order valence-electron chi connectivity index (χ3n) is 3.97. The standard InChI is InChI=1S/C15H20N4O3/c1-10-13(22-9-17-10)15(20)16-6-11-4-3-5-21-14(11)12-7-18-19(2)8-12/h7-9,11,14H,3-6H2,1-2H3,(H,16,20)/t11-,14+/m0/s1. The molecular formula is C15H20N4O3. The molecule has 0 aliphatic carbocycles. The van der Waals surface area contributed by atoms with Gasteiger partial charge in [-0.15, -0.1) is 0 Å². The van der Waals surface area contributed by atoms with E-state index in [2.05, 4.69) is 15.4 Å². The van der Waals surface area contributed by atoms with Gasteiger partial charge in [0.1, 0.15) is 0 Å². The first-order valence-electron chi connectivity index (χ1n) is 7.43. The van der Waals surface area contributed by atoms with Crippen molar-refractivity contribution in [1.82, 2.24) is 20.1 Å². The Labute approximate surface area is 128 Å². The normalized spacial score (nSPS) is 21.7. The summed E-state index contributed by atoms with van der Waals surface area (Å²) in [7, 11) is 1.88. The zero-order chi connectivity index (χ0) is 15.5. The smallest absolute Gasteiger partial charge is 0.289 e. The Morgan fingerprint density at radius 3 is 3.09 bits per heavy atom. The van der Waals surface area contributed by atoms with Crippen molar-refractivity contribution in [3.63, 3.8) is 0 Å². The van der Waals surface area contributed by atoms with Crippen molar-refractivity contribution in [2.75, 3.05) is 13.2 Å². The van der Waals surface area contributed by atoms with Crippen LogP contribution < -0.4 is 5.32 Å². The lowest BCUT2D eigenvalue weighted by Gasteiger charge is -2.31. The van der Waals surface area contributed by atoms with Crippen LogP contribution in [0.3, 0.4) is 0 Å². The molecular weight excluding hydrogens is 284 g/mol. The fraction of sp³-hybridized carbons (Fsp3) is 0.533. The Kier molecular flexibility index (Phi) is 4.24. The number of rotatable bonds is 4. The van der Waals surface area contributed by atoms with Gasteiger partial charge in [0.2, 0.25) is 5.76 Å². The van der Waals surface area contributed by atoms with Crippen molar-refractivity contribution < 1.29 is 13.9 Å². The van der Waals surface area contributed by atoms with Gasteiger partial charge in [-0.1, -0.05) is 0 Å². The van der Waals surface area contributed by atoms with E-state index in [0.29, 0.717) is 12.2 Å². The summed E-state index contributed by atoms with van der Waals surface area (Å²) in [6.07, 6.45) is 7.05. The van der Waals surface area contributed by atoms with E-state index in [1.165, 1.54) is 6.39 Å². The van der Waals surface area contributed by atoms with Gasteiger partial charge in [0.05, 0.1) is 18.0 Å². The molecule has 2 aromatic heterocycles. The molecule has 1 aliphatic heterocycles. The molecule has 2 aromatic rings. The quantitative estimate of drug-likeness (QED) is 0.928. The van der Waals surface area contributed by atoms with Crippen molar-refractivity contribution in [2.45, 2.75) is 25.9 Å². The van der Waals surface area contributed by atoms with Crippen LogP contribution in [0.2, 0.25) is 0 Å². The highest BCUT2D eigenvalue weighted by atomic mass is 16.5. The molecule has 0 bridgehead atoms. The average Bonchev–Trinajstić information content (AvgIpc) is 3.13. The Hall–Kier alpha value is -2.15. The van der Waals surface area contributed by atoms with E-state index in [1.54, 1.807) is 11.6 Å². The van der Waals surface area contributed by atoms with E-state index in [-0.39, 0.29) is 23.7 Å². The lowest BCUT2D eigenvalue weighted by Crippen LogP contribution is -2.35. The maximum atomic E-state index is 12.1. The van der Waals surface area contributed by atoms with Gasteiger partial charge in [0.15, 0.2) is 6.39 Å². The number of oxazole rings is 1. The number of aromatic nitrogens is 3. The molecule has 2 atom stereocenters. The summed E-state index contributed by atoms with van der Waals surface area (Å²) < 4.78 is 12.8. The molecule has 118 valence electrons. The van der Waals surface area contributed by atoms with Gasteiger partial charge < -0.3 is 14.5 Å². The number of ether oxygens (including phenoxy) is 1. The molecule has 1 saturated heterocycles. The zero-order valence-corrected chi connectivity index (χ0v) is 12.8. The summed E-state index contributed by atoms with van der Waals surface area (Å²) in [5, 5.41) is 7.12. The summed E-state index contributed by atoms with van der Waals surface area (Å²) in [5.74, 6) is 0.269. The minimum Gasteiger partial charge on any atom is -0.438 e. The molecule has 22 heavy (non-hydrogen) atoms. The molecule has 0 unspecified atom stereocenters. The predicted molar refractivity (Wildman–Crippen MR) is 78.2 cm³/mol. The van der Waals surface area contributed by atoms with Crippen molar-refractivity contribution in [1.29, 1.82) is 0 Å². The van der Waals surface area contributed by atoms with Crippen LogP contribution in [0.25, 0.3) is 0 Å². The first kappa shape index (κ1) is 14.8. The van der Waals surface area contributed by atoms with Gasteiger partial charge in [-0.25, -0.2) is 4.98 Å². The highest BCUT2D eigenvalue weighted by Gasteiger charge is 2.29. The van der Waals surface area contributed by atoms with Crippen molar-refractivity contribution >= 4 is 5.91 Å². The Morgan fingerprint density at radius 1 is 1.55 bits per heavy atom. The fourth-order valence-corrected chi connectivity index (χ4v) is 2.83. The van der Waals surface area contributed by atoms with Gasteiger partial charge >= 0.3 is 0 Å². The second-order valence-corrected chi connectivity index (χ2v) is 5.62. The molecule has 7 nitrogen and oxygen atoms in total. The highest BCUT2D eigenvalue weighted by Crippen LogP contribution is 2.32. The van der Waals surface area contributed by atoms with Gasteiger partial charge in [0.25, 0.3) is 5.91 Å². The summed E-state index contributed by atoms with van der Waals surface area (Å²) >= 11 is 0. The van der Waals surface area contributed by atoms with Gasteiger partial charge in [-0.3, -0.25) is 9.48 Å². The highest BCUT2D eigenvalue weighted by molar-refractivity contribution is 5.92. The van der Waals surface area contributed by atoms with Crippen LogP contribution in [0.1, 0.15) is 40.8 Å². The Bertz CT molecular complexity index is 649. The van der Waals surface area contributed by atoms with Crippen LogP contribution in [0.5, 0.6) is 0 Å². The number of carbonyl (C=O) groups is 1.